The third-order valence-corrected chi connectivity index (χ3v) is 3.71. The zero-order valence-corrected chi connectivity index (χ0v) is 13.5. The van der Waals surface area contributed by atoms with Gasteiger partial charge in [0.1, 0.15) is 12.2 Å². The number of aryl methyl sites for hydroxylation is 1. The summed E-state index contributed by atoms with van der Waals surface area (Å²) in [7, 11) is 2.01. The molecule has 0 saturated heterocycles. The van der Waals surface area contributed by atoms with Crippen molar-refractivity contribution < 1.29 is 0 Å². The second-order valence-electron chi connectivity index (χ2n) is 6.04. The summed E-state index contributed by atoms with van der Waals surface area (Å²) in [5, 5.41) is 7.64. The Morgan fingerprint density at radius 1 is 1.24 bits per heavy atom. The van der Waals surface area contributed by atoms with Crippen LogP contribution in [0.2, 0.25) is 0 Å². The molecule has 2 rings (SSSR count). The van der Waals surface area contributed by atoms with Crippen molar-refractivity contribution >= 4 is 0 Å². The largest absolute Gasteiger partial charge is 0.319 e. The predicted molar refractivity (Wildman–Crippen MR) is 86.4 cm³/mol. The monoisotopic (exact) mass is 286 g/mol. The van der Waals surface area contributed by atoms with Crippen molar-refractivity contribution in [1.82, 2.24) is 20.1 Å². The van der Waals surface area contributed by atoms with E-state index in [0.717, 1.165) is 25.2 Å². The minimum absolute atomic E-state index is 0.358. The first-order valence-corrected chi connectivity index (χ1v) is 7.68. The quantitative estimate of drug-likeness (QED) is 0.851. The highest BCUT2D eigenvalue weighted by molar-refractivity contribution is 5.22. The molecule has 1 unspecified atom stereocenters. The Labute approximate surface area is 127 Å². The van der Waals surface area contributed by atoms with Crippen molar-refractivity contribution in [2.24, 2.45) is 5.92 Å². The van der Waals surface area contributed by atoms with E-state index in [9.17, 15) is 0 Å². The average Bonchev–Trinajstić information content (AvgIpc) is 2.87. The molecule has 1 N–H and O–H groups in total. The van der Waals surface area contributed by atoms with Crippen LogP contribution in [0.3, 0.4) is 0 Å². The van der Waals surface area contributed by atoms with E-state index in [2.05, 4.69) is 60.4 Å². The van der Waals surface area contributed by atoms with Crippen LogP contribution in [-0.4, -0.2) is 28.4 Å². The molecule has 1 aromatic heterocycles. The van der Waals surface area contributed by atoms with Gasteiger partial charge in [-0.15, -0.1) is 0 Å². The van der Waals surface area contributed by atoms with Crippen LogP contribution in [0.1, 0.15) is 36.8 Å². The highest BCUT2D eigenvalue weighted by Crippen LogP contribution is 2.16. The maximum absolute atomic E-state index is 4.44. The minimum atomic E-state index is 0.358. The van der Waals surface area contributed by atoms with Crippen LogP contribution in [-0.2, 0) is 12.8 Å². The fourth-order valence-corrected chi connectivity index (χ4v) is 2.79. The van der Waals surface area contributed by atoms with Gasteiger partial charge in [-0.3, -0.25) is 0 Å². The molecular formula is C17H26N4. The normalized spacial score (nSPS) is 12.8. The Morgan fingerprint density at radius 2 is 2.05 bits per heavy atom. The molecule has 4 nitrogen and oxygen atoms in total. The SMILES string of the molecule is CNCC(Cc1cccc(C)c1)Cc1ncnn1C(C)C. The molecule has 0 aliphatic rings. The molecule has 2 aromatic rings. The second kappa shape index (κ2) is 7.36. The zero-order chi connectivity index (χ0) is 15.2. The van der Waals surface area contributed by atoms with Crippen molar-refractivity contribution in [3.05, 3.63) is 47.5 Å². The molecule has 0 aliphatic heterocycles. The summed E-state index contributed by atoms with van der Waals surface area (Å²) in [5.74, 6) is 1.61. The fourth-order valence-electron chi connectivity index (χ4n) is 2.79. The minimum Gasteiger partial charge on any atom is -0.319 e. The van der Waals surface area contributed by atoms with Gasteiger partial charge in [0.2, 0.25) is 0 Å². The molecule has 0 amide bonds. The Kier molecular flexibility index (Phi) is 5.51. The third kappa shape index (κ3) is 4.39. The molecule has 0 saturated carbocycles. The molecule has 0 bridgehead atoms. The van der Waals surface area contributed by atoms with Gasteiger partial charge in [0.15, 0.2) is 0 Å². The Bertz CT molecular complexity index is 559. The first-order valence-electron chi connectivity index (χ1n) is 7.68. The summed E-state index contributed by atoms with van der Waals surface area (Å²) in [6.45, 7) is 7.42. The Morgan fingerprint density at radius 3 is 2.71 bits per heavy atom. The highest BCUT2D eigenvalue weighted by atomic mass is 15.3. The molecule has 0 aliphatic carbocycles. The number of nitrogens with zero attached hydrogens (tertiary/aromatic N) is 3. The molecule has 21 heavy (non-hydrogen) atoms. The van der Waals surface area contributed by atoms with E-state index in [-0.39, 0.29) is 0 Å². The predicted octanol–water partition coefficient (Wildman–Crippen LogP) is 2.79. The number of nitrogens with one attached hydrogen (secondary N) is 1. The smallest absolute Gasteiger partial charge is 0.138 e. The van der Waals surface area contributed by atoms with Gasteiger partial charge >= 0.3 is 0 Å². The summed E-state index contributed by atoms with van der Waals surface area (Å²) >= 11 is 0. The third-order valence-electron chi connectivity index (χ3n) is 3.71. The van der Waals surface area contributed by atoms with Crippen molar-refractivity contribution in [2.75, 3.05) is 13.6 Å². The molecular weight excluding hydrogens is 260 g/mol. The van der Waals surface area contributed by atoms with Crippen LogP contribution in [0.4, 0.5) is 0 Å². The standard InChI is InChI=1S/C17H26N4/c1-13(2)21-17(19-12-20-21)10-16(11-18-4)9-15-7-5-6-14(3)8-15/h5-8,12-13,16,18H,9-11H2,1-4H3. The van der Waals surface area contributed by atoms with Crippen LogP contribution in [0, 0.1) is 12.8 Å². The van der Waals surface area contributed by atoms with Crippen molar-refractivity contribution in [3.8, 4) is 0 Å². The lowest BCUT2D eigenvalue weighted by Gasteiger charge is -2.18. The molecule has 1 heterocycles. The number of aromatic nitrogens is 3. The lowest BCUT2D eigenvalue weighted by molar-refractivity contribution is 0.440. The zero-order valence-electron chi connectivity index (χ0n) is 13.5. The van der Waals surface area contributed by atoms with E-state index >= 15 is 0 Å². The summed E-state index contributed by atoms with van der Waals surface area (Å²) in [6, 6.07) is 9.12. The molecule has 1 aromatic carbocycles. The van der Waals surface area contributed by atoms with Gasteiger partial charge in [-0.25, -0.2) is 9.67 Å². The molecule has 0 spiro atoms. The van der Waals surface area contributed by atoms with E-state index in [1.807, 2.05) is 11.7 Å². The van der Waals surface area contributed by atoms with E-state index in [1.54, 1.807) is 6.33 Å². The van der Waals surface area contributed by atoms with E-state index in [4.69, 9.17) is 0 Å². The van der Waals surface area contributed by atoms with Gasteiger partial charge in [0.25, 0.3) is 0 Å². The summed E-state index contributed by atoms with van der Waals surface area (Å²) in [5.41, 5.74) is 2.71. The summed E-state index contributed by atoms with van der Waals surface area (Å²) in [6.07, 6.45) is 3.68. The average molecular weight is 286 g/mol. The lowest BCUT2D eigenvalue weighted by atomic mass is 9.95. The number of hydrogen-bond donors (Lipinski definition) is 1. The lowest BCUT2D eigenvalue weighted by Crippen LogP contribution is -2.24. The van der Waals surface area contributed by atoms with Gasteiger partial charge in [0.05, 0.1) is 0 Å². The van der Waals surface area contributed by atoms with Crippen LogP contribution < -0.4 is 5.32 Å². The first-order chi connectivity index (χ1) is 10.1. The maximum Gasteiger partial charge on any atom is 0.138 e. The van der Waals surface area contributed by atoms with Crippen molar-refractivity contribution in [2.45, 2.75) is 39.7 Å². The van der Waals surface area contributed by atoms with Crippen LogP contribution in [0.25, 0.3) is 0 Å². The first kappa shape index (κ1) is 15.7. The van der Waals surface area contributed by atoms with Crippen molar-refractivity contribution in [1.29, 1.82) is 0 Å². The van der Waals surface area contributed by atoms with E-state index in [0.29, 0.717) is 12.0 Å². The van der Waals surface area contributed by atoms with Gasteiger partial charge in [-0.2, -0.15) is 5.10 Å². The van der Waals surface area contributed by atoms with Gasteiger partial charge in [-0.05, 0) is 52.3 Å². The van der Waals surface area contributed by atoms with Crippen LogP contribution >= 0.6 is 0 Å². The maximum atomic E-state index is 4.44. The van der Waals surface area contributed by atoms with Gasteiger partial charge in [0, 0.05) is 12.5 Å². The Hall–Kier alpha value is -1.68. The van der Waals surface area contributed by atoms with Crippen molar-refractivity contribution in [3.63, 3.8) is 0 Å². The Balaban J connectivity index is 2.10. The van der Waals surface area contributed by atoms with Gasteiger partial charge in [-0.1, -0.05) is 29.8 Å². The molecule has 0 radical (unpaired) electrons. The second-order valence-corrected chi connectivity index (χ2v) is 6.04. The molecule has 114 valence electrons. The molecule has 4 heteroatoms. The number of rotatable bonds is 7. The summed E-state index contributed by atoms with van der Waals surface area (Å²) in [4.78, 5) is 4.44. The van der Waals surface area contributed by atoms with Crippen LogP contribution in [0.15, 0.2) is 30.6 Å². The number of benzene rings is 1. The van der Waals surface area contributed by atoms with E-state index < -0.39 is 0 Å². The van der Waals surface area contributed by atoms with Crippen LogP contribution in [0.5, 0.6) is 0 Å². The van der Waals surface area contributed by atoms with E-state index in [1.165, 1.54) is 11.1 Å². The topological polar surface area (TPSA) is 42.7 Å². The fraction of sp³-hybridized carbons (Fsp3) is 0.529. The summed E-state index contributed by atoms with van der Waals surface area (Å²) < 4.78 is 2.03. The number of hydrogen-bond acceptors (Lipinski definition) is 3. The van der Waals surface area contributed by atoms with Gasteiger partial charge < -0.3 is 5.32 Å². The molecule has 0 fully saturated rings. The highest BCUT2D eigenvalue weighted by Gasteiger charge is 2.15. The molecule has 1 atom stereocenters.